The van der Waals surface area contributed by atoms with Crippen LogP contribution in [-0.2, 0) is 4.79 Å². The van der Waals surface area contributed by atoms with E-state index in [1.807, 2.05) is 6.92 Å². The Morgan fingerprint density at radius 1 is 1.64 bits per heavy atom. The number of anilines is 1. The second-order valence-electron chi connectivity index (χ2n) is 3.34. The van der Waals surface area contributed by atoms with Gasteiger partial charge in [0, 0.05) is 19.2 Å². The predicted molar refractivity (Wildman–Crippen MR) is 51.8 cm³/mol. The van der Waals surface area contributed by atoms with Crippen molar-refractivity contribution >= 4 is 11.7 Å². The number of carbonyl (C=O) groups is 1. The summed E-state index contributed by atoms with van der Waals surface area (Å²) < 4.78 is 0. The minimum atomic E-state index is 0.0910. The maximum absolute atomic E-state index is 10.9. The van der Waals surface area contributed by atoms with Crippen LogP contribution >= 0.6 is 0 Å². The molecule has 1 amide bonds. The molecule has 2 heterocycles. The molecule has 1 aliphatic rings. The van der Waals surface area contributed by atoms with E-state index in [0.29, 0.717) is 13.0 Å². The van der Waals surface area contributed by atoms with Gasteiger partial charge in [0.1, 0.15) is 11.6 Å². The van der Waals surface area contributed by atoms with Gasteiger partial charge in [-0.05, 0) is 13.0 Å². The van der Waals surface area contributed by atoms with E-state index >= 15 is 0 Å². The number of hydrogen-bond acceptors (Lipinski definition) is 4. The average molecular weight is 192 g/mol. The van der Waals surface area contributed by atoms with Crippen molar-refractivity contribution in [1.82, 2.24) is 15.3 Å². The summed E-state index contributed by atoms with van der Waals surface area (Å²) in [6, 6.07) is 1.95. The molecule has 0 spiro atoms. The summed E-state index contributed by atoms with van der Waals surface area (Å²) in [5, 5.41) is 5.94. The third kappa shape index (κ3) is 1.99. The first kappa shape index (κ1) is 8.93. The summed E-state index contributed by atoms with van der Waals surface area (Å²) in [7, 11) is 0. The predicted octanol–water partition coefficient (Wildman–Crippen LogP) is 0.0854. The van der Waals surface area contributed by atoms with Crippen molar-refractivity contribution < 1.29 is 4.79 Å². The number of hydrogen-bond donors (Lipinski definition) is 2. The highest BCUT2D eigenvalue weighted by Gasteiger charge is 2.21. The minimum Gasteiger partial charge on any atom is -0.365 e. The highest BCUT2D eigenvalue weighted by Crippen LogP contribution is 2.08. The Morgan fingerprint density at radius 2 is 2.50 bits per heavy atom. The number of nitrogens with zero attached hydrogens (tertiary/aromatic N) is 2. The molecule has 14 heavy (non-hydrogen) atoms. The van der Waals surface area contributed by atoms with Crippen molar-refractivity contribution in [1.29, 1.82) is 0 Å². The second-order valence-corrected chi connectivity index (χ2v) is 3.34. The molecule has 0 saturated carbocycles. The fourth-order valence-electron chi connectivity index (χ4n) is 1.45. The molecular weight excluding hydrogens is 180 g/mol. The molecule has 0 radical (unpaired) electrons. The summed E-state index contributed by atoms with van der Waals surface area (Å²) in [5.74, 6) is 1.60. The standard InChI is InChI=1S/C9H12N4O/c1-6-10-3-2-8(12-6)13-7-4-9(14)11-5-7/h2-3,7H,4-5H2,1H3,(H,11,14)(H,10,12,13). The van der Waals surface area contributed by atoms with Crippen molar-refractivity contribution in [2.24, 2.45) is 0 Å². The molecule has 5 nitrogen and oxygen atoms in total. The average Bonchev–Trinajstić information content (AvgIpc) is 2.51. The number of aryl methyl sites for hydroxylation is 1. The van der Waals surface area contributed by atoms with Crippen LogP contribution in [0.4, 0.5) is 5.82 Å². The van der Waals surface area contributed by atoms with Crippen molar-refractivity contribution in [2.45, 2.75) is 19.4 Å². The third-order valence-electron chi connectivity index (χ3n) is 2.11. The lowest BCUT2D eigenvalue weighted by Gasteiger charge is -2.10. The zero-order valence-corrected chi connectivity index (χ0v) is 7.95. The zero-order valence-electron chi connectivity index (χ0n) is 7.95. The van der Waals surface area contributed by atoms with Gasteiger partial charge in [0.05, 0.1) is 6.04 Å². The molecule has 1 aliphatic heterocycles. The quantitative estimate of drug-likeness (QED) is 0.696. The van der Waals surface area contributed by atoms with Crippen LogP contribution in [0.25, 0.3) is 0 Å². The van der Waals surface area contributed by atoms with E-state index in [0.717, 1.165) is 11.6 Å². The monoisotopic (exact) mass is 192 g/mol. The maximum Gasteiger partial charge on any atom is 0.222 e. The fraction of sp³-hybridized carbons (Fsp3) is 0.444. The van der Waals surface area contributed by atoms with Crippen LogP contribution < -0.4 is 10.6 Å². The lowest BCUT2D eigenvalue weighted by molar-refractivity contribution is -0.119. The van der Waals surface area contributed by atoms with Crippen LogP contribution in [-0.4, -0.2) is 28.5 Å². The molecule has 1 aromatic heterocycles. The molecule has 0 aliphatic carbocycles. The van der Waals surface area contributed by atoms with Gasteiger partial charge in [-0.3, -0.25) is 4.79 Å². The van der Waals surface area contributed by atoms with E-state index in [-0.39, 0.29) is 11.9 Å². The fourth-order valence-corrected chi connectivity index (χ4v) is 1.45. The lowest BCUT2D eigenvalue weighted by Crippen LogP contribution is -2.22. The van der Waals surface area contributed by atoms with Crippen molar-refractivity contribution in [3.05, 3.63) is 18.1 Å². The molecule has 5 heteroatoms. The Bertz CT molecular complexity index is 352. The van der Waals surface area contributed by atoms with Crippen LogP contribution in [0.3, 0.4) is 0 Å². The molecule has 1 unspecified atom stereocenters. The van der Waals surface area contributed by atoms with Gasteiger partial charge in [-0.1, -0.05) is 0 Å². The summed E-state index contributed by atoms with van der Waals surface area (Å²) in [5.41, 5.74) is 0. The van der Waals surface area contributed by atoms with E-state index in [2.05, 4.69) is 20.6 Å². The Labute approximate surface area is 82.0 Å². The summed E-state index contributed by atoms with van der Waals surface area (Å²) in [6.45, 7) is 2.51. The minimum absolute atomic E-state index is 0.0910. The van der Waals surface area contributed by atoms with Crippen LogP contribution in [0.1, 0.15) is 12.2 Å². The van der Waals surface area contributed by atoms with Crippen LogP contribution in [0.5, 0.6) is 0 Å². The number of carbonyl (C=O) groups excluding carboxylic acids is 1. The SMILES string of the molecule is Cc1nccc(NC2CNC(=O)C2)n1. The highest BCUT2D eigenvalue weighted by molar-refractivity contribution is 5.79. The maximum atomic E-state index is 10.9. The van der Waals surface area contributed by atoms with Gasteiger partial charge in [0.15, 0.2) is 0 Å². The van der Waals surface area contributed by atoms with Crippen LogP contribution in [0, 0.1) is 6.92 Å². The number of amides is 1. The van der Waals surface area contributed by atoms with Crippen molar-refractivity contribution in [2.75, 3.05) is 11.9 Å². The molecule has 1 fully saturated rings. The Morgan fingerprint density at radius 3 is 3.14 bits per heavy atom. The third-order valence-corrected chi connectivity index (χ3v) is 2.11. The van der Waals surface area contributed by atoms with Gasteiger partial charge >= 0.3 is 0 Å². The molecule has 1 atom stereocenters. The first-order valence-electron chi connectivity index (χ1n) is 4.57. The highest BCUT2D eigenvalue weighted by atomic mass is 16.1. The summed E-state index contributed by atoms with van der Waals surface area (Å²) >= 11 is 0. The van der Waals surface area contributed by atoms with Crippen molar-refractivity contribution in [3.8, 4) is 0 Å². The van der Waals surface area contributed by atoms with Gasteiger partial charge in [-0.25, -0.2) is 9.97 Å². The summed E-state index contributed by atoms with van der Waals surface area (Å²) in [6.07, 6.45) is 2.22. The topological polar surface area (TPSA) is 66.9 Å². The van der Waals surface area contributed by atoms with Gasteiger partial charge in [-0.2, -0.15) is 0 Å². The molecular formula is C9H12N4O. The van der Waals surface area contributed by atoms with E-state index < -0.39 is 0 Å². The van der Waals surface area contributed by atoms with Crippen LogP contribution in [0.15, 0.2) is 12.3 Å². The van der Waals surface area contributed by atoms with Gasteiger partial charge in [-0.15, -0.1) is 0 Å². The molecule has 0 bridgehead atoms. The molecule has 2 N–H and O–H groups in total. The normalized spacial score (nSPS) is 20.6. The van der Waals surface area contributed by atoms with Gasteiger partial charge < -0.3 is 10.6 Å². The molecule has 1 aromatic rings. The smallest absolute Gasteiger partial charge is 0.222 e. The Balaban J connectivity index is 2.00. The van der Waals surface area contributed by atoms with Crippen molar-refractivity contribution in [3.63, 3.8) is 0 Å². The second kappa shape index (κ2) is 3.61. The first-order chi connectivity index (χ1) is 6.74. The Kier molecular flexibility index (Phi) is 2.30. The van der Waals surface area contributed by atoms with E-state index in [1.54, 1.807) is 12.3 Å². The molecule has 2 rings (SSSR count). The van der Waals surface area contributed by atoms with E-state index in [4.69, 9.17) is 0 Å². The summed E-state index contributed by atoms with van der Waals surface area (Å²) in [4.78, 5) is 19.1. The number of rotatable bonds is 2. The molecule has 1 saturated heterocycles. The Hall–Kier alpha value is -1.65. The van der Waals surface area contributed by atoms with Gasteiger partial charge in [0.2, 0.25) is 5.91 Å². The number of aromatic nitrogens is 2. The largest absolute Gasteiger partial charge is 0.365 e. The van der Waals surface area contributed by atoms with E-state index in [9.17, 15) is 4.79 Å². The first-order valence-corrected chi connectivity index (χ1v) is 4.57. The van der Waals surface area contributed by atoms with E-state index in [1.165, 1.54) is 0 Å². The molecule has 74 valence electrons. The van der Waals surface area contributed by atoms with Gasteiger partial charge in [0.25, 0.3) is 0 Å². The number of nitrogens with one attached hydrogen (secondary N) is 2. The molecule has 0 aromatic carbocycles. The van der Waals surface area contributed by atoms with Crippen LogP contribution in [0.2, 0.25) is 0 Å². The lowest BCUT2D eigenvalue weighted by atomic mass is 10.2. The zero-order chi connectivity index (χ0) is 9.97.